The Morgan fingerprint density at radius 1 is 1.18 bits per heavy atom. The quantitative estimate of drug-likeness (QED) is 0.585. The number of hydrogen-bond acceptors (Lipinski definition) is 3. The Hall–Kier alpha value is 0.314. The van der Waals surface area contributed by atoms with E-state index in [-0.39, 0.29) is 0 Å². The monoisotopic (exact) mass is 194 g/mol. The molecule has 68 valence electrons. The molecule has 3 nitrogen and oxygen atoms in total. The normalized spacial score (nSPS) is 13.1. The predicted molar refractivity (Wildman–Crippen MR) is 50.4 cm³/mol. The van der Waals surface area contributed by atoms with Crippen molar-refractivity contribution in [3.05, 3.63) is 0 Å². The van der Waals surface area contributed by atoms with E-state index in [0.29, 0.717) is 13.2 Å². The summed E-state index contributed by atoms with van der Waals surface area (Å²) in [6.07, 6.45) is 0. The molecule has 0 bridgehead atoms. The minimum atomic E-state index is -2.19. The third kappa shape index (κ3) is 4.70. The summed E-state index contributed by atoms with van der Waals surface area (Å²) in [6, 6.07) is 0. The Morgan fingerprint density at radius 2 is 1.64 bits per heavy atom. The molecule has 11 heavy (non-hydrogen) atoms. The topological polar surface area (TPSA) is 27.7 Å². The van der Waals surface area contributed by atoms with Crippen molar-refractivity contribution >= 4 is 18.6 Å². The van der Waals surface area contributed by atoms with Crippen molar-refractivity contribution in [3.63, 3.8) is 0 Å². The maximum atomic E-state index is 5.54. The summed E-state index contributed by atoms with van der Waals surface area (Å²) >= 11 is 0. The minimum absolute atomic E-state index is 0.419. The van der Waals surface area contributed by atoms with Gasteiger partial charge in [-0.15, -0.1) is 0 Å². The summed E-state index contributed by atoms with van der Waals surface area (Å²) in [4.78, 5) is 0. The highest BCUT2D eigenvalue weighted by atomic mass is 28.4. The van der Waals surface area contributed by atoms with Crippen LogP contribution in [-0.2, 0) is 13.0 Å². The summed E-state index contributed by atoms with van der Waals surface area (Å²) in [5.74, 6) is 0. The Balaban J connectivity index is 3.79. The van der Waals surface area contributed by atoms with Crippen LogP contribution >= 0.6 is 0 Å². The van der Waals surface area contributed by atoms with E-state index in [4.69, 9.17) is 13.0 Å². The largest absolute Gasteiger partial charge is 0.486 e. The Labute approximate surface area is 72.4 Å². The first-order valence-corrected chi connectivity index (χ1v) is 8.32. The molecule has 0 aromatic rings. The fourth-order valence-electron chi connectivity index (χ4n) is 0.912. The molecule has 0 aliphatic heterocycles. The molecule has 0 spiro atoms. The second-order valence-electron chi connectivity index (χ2n) is 2.16. The van der Waals surface area contributed by atoms with Gasteiger partial charge in [0.1, 0.15) is 9.76 Å². The molecule has 0 radical (unpaired) electrons. The molecule has 5 heteroatoms. The van der Waals surface area contributed by atoms with Crippen molar-refractivity contribution in [1.29, 1.82) is 0 Å². The zero-order valence-electron chi connectivity index (χ0n) is 7.85. The molecule has 0 saturated carbocycles. The van der Waals surface area contributed by atoms with Crippen LogP contribution in [0.5, 0.6) is 0 Å². The molecule has 0 unspecified atom stereocenters. The van der Waals surface area contributed by atoms with Crippen LogP contribution in [0.3, 0.4) is 0 Å². The first-order valence-electron chi connectivity index (χ1n) is 4.10. The molecule has 0 aromatic carbocycles. The highest BCUT2D eigenvalue weighted by Gasteiger charge is 2.32. The molecule has 0 rings (SSSR count). The van der Waals surface area contributed by atoms with Crippen molar-refractivity contribution < 1.29 is 13.0 Å². The average molecular weight is 194 g/mol. The van der Waals surface area contributed by atoms with E-state index in [1.807, 2.05) is 20.4 Å². The van der Waals surface area contributed by atoms with Crippen LogP contribution in [0.1, 0.15) is 13.8 Å². The maximum absolute atomic E-state index is 5.54. The van der Waals surface area contributed by atoms with Crippen molar-refractivity contribution in [2.75, 3.05) is 13.2 Å². The lowest BCUT2D eigenvalue weighted by molar-refractivity contribution is 0.126. The van der Waals surface area contributed by atoms with Crippen molar-refractivity contribution in [2.45, 2.75) is 26.9 Å². The first kappa shape index (κ1) is 11.3. The Kier molecular flexibility index (Phi) is 6.07. The van der Waals surface area contributed by atoms with E-state index in [2.05, 4.69) is 6.55 Å². The predicted octanol–water partition coefficient (Wildman–Crippen LogP) is 0.777. The van der Waals surface area contributed by atoms with Crippen molar-refractivity contribution in [2.24, 2.45) is 0 Å². The number of hydrogen-bond donors (Lipinski definition) is 0. The minimum Gasteiger partial charge on any atom is -0.422 e. The van der Waals surface area contributed by atoms with E-state index in [1.54, 1.807) is 0 Å². The van der Waals surface area contributed by atoms with E-state index in [9.17, 15) is 0 Å². The molecule has 0 heterocycles. The highest BCUT2D eigenvalue weighted by molar-refractivity contribution is 6.64. The molecule has 0 aromatic heterocycles. The van der Waals surface area contributed by atoms with Crippen molar-refractivity contribution in [1.82, 2.24) is 0 Å². The van der Waals surface area contributed by atoms with Crippen LogP contribution in [0, 0.1) is 0 Å². The lowest BCUT2D eigenvalue weighted by Crippen LogP contribution is -2.43. The van der Waals surface area contributed by atoms with Gasteiger partial charge in [0.25, 0.3) is 0 Å². The zero-order valence-corrected chi connectivity index (χ0v) is 10.3. The Morgan fingerprint density at radius 3 is 1.91 bits per heavy atom. The average Bonchev–Trinajstić information content (AvgIpc) is 1.88. The van der Waals surface area contributed by atoms with Gasteiger partial charge in [0.15, 0.2) is 0 Å². The van der Waals surface area contributed by atoms with Gasteiger partial charge in [-0.3, -0.25) is 0 Å². The lowest BCUT2D eigenvalue weighted by atomic mass is 10.9. The molecular weight excluding hydrogens is 176 g/mol. The van der Waals surface area contributed by atoms with E-state index in [1.165, 1.54) is 0 Å². The molecule has 0 saturated heterocycles. The summed E-state index contributed by atoms with van der Waals surface area (Å²) in [5.41, 5.74) is 0. The smallest absolute Gasteiger partial charge is 0.422 e. The summed E-state index contributed by atoms with van der Waals surface area (Å²) in [7, 11) is -2.61. The van der Waals surface area contributed by atoms with Crippen LogP contribution in [0.2, 0.25) is 13.1 Å². The molecule has 0 amide bonds. The zero-order chi connectivity index (χ0) is 8.74. The Bertz CT molecular complexity index is 82.8. The van der Waals surface area contributed by atoms with Crippen LogP contribution in [-0.4, -0.2) is 31.8 Å². The van der Waals surface area contributed by atoms with Crippen molar-refractivity contribution in [3.8, 4) is 0 Å². The van der Waals surface area contributed by atoms with Crippen LogP contribution < -0.4 is 0 Å². The molecular formula is C6H18O3Si2. The van der Waals surface area contributed by atoms with Gasteiger partial charge in [-0.2, -0.15) is 0 Å². The first-order chi connectivity index (χ1) is 5.18. The van der Waals surface area contributed by atoms with Gasteiger partial charge in [-0.05, 0) is 13.8 Å². The maximum Gasteiger partial charge on any atom is 0.486 e. The van der Waals surface area contributed by atoms with Gasteiger partial charge in [0.05, 0.1) is 0 Å². The van der Waals surface area contributed by atoms with Gasteiger partial charge < -0.3 is 13.0 Å². The van der Waals surface area contributed by atoms with Gasteiger partial charge in [0, 0.05) is 19.8 Å². The van der Waals surface area contributed by atoms with E-state index >= 15 is 0 Å². The van der Waals surface area contributed by atoms with Gasteiger partial charge in [-0.1, -0.05) is 6.55 Å². The van der Waals surface area contributed by atoms with E-state index < -0.39 is 18.6 Å². The SMILES string of the molecule is CCO[Si](C)(OCC)O[SiH2]C. The number of rotatable bonds is 6. The van der Waals surface area contributed by atoms with Crippen LogP contribution in [0.4, 0.5) is 0 Å². The molecule has 0 aliphatic rings. The third-order valence-corrected chi connectivity index (χ3v) is 6.10. The summed E-state index contributed by atoms with van der Waals surface area (Å²) < 4.78 is 16.4. The van der Waals surface area contributed by atoms with Gasteiger partial charge in [-0.25, -0.2) is 0 Å². The molecule has 0 atom stereocenters. The lowest BCUT2D eigenvalue weighted by Gasteiger charge is -2.24. The van der Waals surface area contributed by atoms with Gasteiger partial charge in [0.2, 0.25) is 0 Å². The fraction of sp³-hybridized carbons (Fsp3) is 1.00. The summed E-state index contributed by atoms with van der Waals surface area (Å²) in [6.45, 7) is 9.32. The summed E-state index contributed by atoms with van der Waals surface area (Å²) in [5, 5.41) is 0. The standard InChI is InChI=1S/C6H18O3Si2/c1-5-7-11(4,8-6-2)9-10-3/h5-6,10H2,1-4H3. The fourth-order valence-corrected chi connectivity index (χ4v) is 4.81. The highest BCUT2D eigenvalue weighted by Crippen LogP contribution is 2.07. The van der Waals surface area contributed by atoms with Crippen LogP contribution in [0.25, 0.3) is 0 Å². The molecule has 0 fully saturated rings. The van der Waals surface area contributed by atoms with Crippen LogP contribution in [0.15, 0.2) is 0 Å². The third-order valence-electron chi connectivity index (χ3n) is 1.22. The van der Waals surface area contributed by atoms with E-state index in [0.717, 1.165) is 0 Å². The van der Waals surface area contributed by atoms with Gasteiger partial charge >= 0.3 is 8.80 Å². The molecule has 0 aliphatic carbocycles. The second kappa shape index (κ2) is 5.90. The second-order valence-corrected chi connectivity index (χ2v) is 6.20. The molecule has 0 N–H and O–H groups in total.